The van der Waals surface area contributed by atoms with Gasteiger partial charge in [-0.2, -0.15) is 0 Å². The second-order valence-electron chi connectivity index (χ2n) is 6.44. The van der Waals surface area contributed by atoms with Crippen LogP contribution in [0.3, 0.4) is 0 Å². The highest BCUT2D eigenvalue weighted by atomic mass is 35.5. The highest BCUT2D eigenvalue weighted by molar-refractivity contribution is 8.18. The van der Waals surface area contributed by atoms with E-state index in [9.17, 15) is 9.18 Å². The minimum Gasteiger partial charge on any atom is -0.489 e. The van der Waals surface area contributed by atoms with Gasteiger partial charge in [0.15, 0.2) is 5.17 Å². The predicted octanol–water partition coefficient (Wildman–Crippen LogP) is 5.95. The molecule has 3 aromatic rings. The van der Waals surface area contributed by atoms with Crippen LogP contribution in [0, 0.1) is 5.82 Å². The van der Waals surface area contributed by atoms with Gasteiger partial charge in [0.25, 0.3) is 5.91 Å². The lowest BCUT2D eigenvalue weighted by Crippen LogP contribution is -2.19. The van der Waals surface area contributed by atoms with Crippen LogP contribution in [0.4, 0.5) is 10.1 Å². The van der Waals surface area contributed by atoms with E-state index in [-0.39, 0.29) is 11.7 Å². The summed E-state index contributed by atoms with van der Waals surface area (Å²) >= 11 is 7.12. The predicted molar refractivity (Wildman–Crippen MR) is 119 cm³/mol. The quantitative estimate of drug-likeness (QED) is 0.501. The normalized spacial score (nSPS) is 16.1. The standard InChI is InChI=1S/C23H16ClFN2O2S/c24-17-5-1-16(2-6-17)14-29-20-11-3-15(4-12-20)13-21-22(28)27-23(30-21)26-19-9-7-18(25)8-10-19/h1-13H,14H2,(H,26,27,28). The molecule has 4 rings (SSSR count). The molecule has 0 bridgehead atoms. The van der Waals surface area contributed by atoms with Gasteiger partial charge in [-0.25, -0.2) is 9.38 Å². The highest BCUT2D eigenvalue weighted by Crippen LogP contribution is 2.28. The molecule has 30 heavy (non-hydrogen) atoms. The first kappa shape index (κ1) is 20.2. The van der Waals surface area contributed by atoms with Crippen LogP contribution in [0.5, 0.6) is 5.75 Å². The molecule has 0 aliphatic carbocycles. The highest BCUT2D eigenvalue weighted by Gasteiger charge is 2.23. The molecule has 7 heteroatoms. The number of hydrogen-bond acceptors (Lipinski definition) is 4. The molecule has 0 saturated carbocycles. The molecule has 150 valence electrons. The Balaban J connectivity index is 1.39. The first-order valence-electron chi connectivity index (χ1n) is 9.08. The van der Waals surface area contributed by atoms with Crippen molar-refractivity contribution >= 4 is 46.2 Å². The number of aliphatic imine (C=N–C) groups is 1. The van der Waals surface area contributed by atoms with Crippen LogP contribution in [-0.4, -0.2) is 11.1 Å². The van der Waals surface area contributed by atoms with Crippen molar-refractivity contribution in [2.75, 3.05) is 0 Å². The molecule has 1 amide bonds. The van der Waals surface area contributed by atoms with Crippen molar-refractivity contribution < 1.29 is 13.9 Å². The Hall–Kier alpha value is -3.09. The van der Waals surface area contributed by atoms with Gasteiger partial charge in [0.1, 0.15) is 18.2 Å². The fourth-order valence-corrected chi connectivity index (χ4v) is 3.64. The molecule has 3 aromatic carbocycles. The average molecular weight is 439 g/mol. The SMILES string of the molecule is O=C1NC(=Nc2ccc(F)cc2)SC1=Cc1ccc(OCc2ccc(Cl)cc2)cc1. The van der Waals surface area contributed by atoms with Gasteiger partial charge in [-0.3, -0.25) is 4.79 Å². The minimum absolute atomic E-state index is 0.219. The zero-order valence-corrected chi connectivity index (χ0v) is 17.2. The van der Waals surface area contributed by atoms with Crippen LogP contribution in [-0.2, 0) is 11.4 Å². The minimum atomic E-state index is -0.330. The number of hydrogen-bond donors (Lipinski definition) is 1. The van der Waals surface area contributed by atoms with Gasteiger partial charge in [0.05, 0.1) is 10.6 Å². The van der Waals surface area contributed by atoms with Crippen LogP contribution >= 0.6 is 23.4 Å². The molecule has 0 atom stereocenters. The summed E-state index contributed by atoms with van der Waals surface area (Å²) in [5.41, 5.74) is 2.47. The van der Waals surface area contributed by atoms with Crippen molar-refractivity contribution in [3.63, 3.8) is 0 Å². The largest absolute Gasteiger partial charge is 0.489 e. The number of ether oxygens (including phenoxy) is 1. The Morgan fingerprint density at radius 1 is 1.00 bits per heavy atom. The third-order valence-corrected chi connectivity index (χ3v) is 5.37. The summed E-state index contributed by atoms with van der Waals surface area (Å²) in [6.07, 6.45) is 1.79. The monoisotopic (exact) mass is 438 g/mol. The first-order chi connectivity index (χ1) is 14.5. The summed E-state index contributed by atoms with van der Waals surface area (Å²) in [4.78, 5) is 17.1. The smallest absolute Gasteiger partial charge is 0.264 e. The summed E-state index contributed by atoms with van der Waals surface area (Å²) in [5, 5.41) is 3.87. The molecular weight excluding hydrogens is 423 g/mol. The van der Waals surface area contributed by atoms with Gasteiger partial charge >= 0.3 is 0 Å². The topological polar surface area (TPSA) is 50.7 Å². The van der Waals surface area contributed by atoms with Crippen molar-refractivity contribution in [3.05, 3.63) is 99.7 Å². The Labute approximate surface area is 182 Å². The van der Waals surface area contributed by atoms with Crippen molar-refractivity contribution in [1.29, 1.82) is 0 Å². The van der Waals surface area contributed by atoms with Gasteiger partial charge in [-0.05, 0) is 77.5 Å². The fraction of sp³-hybridized carbons (Fsp3) is 0.0435. The Kier molecular flexibility index (Phi) is 6.16. The van der Waals surface area contributed by atoms with Crippen LogP contribution in [0.25, 0.3) is 6.08 Å². The molecule has 1 aliphatic heterocycles. The molecule has 4 nitrogen and oxygen atoms in total. The number of nitrogens with one attached hydrogen (secondary N) is 1. The summed E-state index contributed by atoms with van der Waals surface area (Å²) < 4.78 is 18.8. The second-order valence-corrected chi connectivity index (χ2v) is 7.91. The summed E-state index contributed by atoms with van der Waals surface area (Å²) in [6, 6.07) is 20.7. The van der Waals surface area contributed by atoms with Gasteiger partial charge in [-0.1, -0.05) is 35.9 Å². The number of halogens is 2. The Morgan fingerprint density at radius 3 is 2.40 bits per heavy atom. The molecular formula is C23H16ClFN2O2S. The summed E-state index contributed by atoms with van der Waals surface area (Å²) in [5.74, 6) is 0.182. The second kappa shape index (κ2) is 9.15. The lowest BCUT2D eigenvalue weighted by atomic mass is 10.2. The number of amidine groups is 1. The Morgan fingerprint density at radius 2 is 1.70 bits per heavy atom. The Bertz CT molecular complexity index is 1110. The maximum atomic E-state index is 13.0. The average Bonchev–Trinajstić information content (AvgIpc) is 3.09. The van der Waals surface area contributed by atoms with E-state index >= 15 is 0 Å². The number of amides is 1. The summed E-state index contributed by atoms with van der Waals surface area (Å²) in [6.45, 7) is 0.444. The molecule has 1 heterocycles. The van der Waals surface area contributed by atoms with E-state index in [1.807, 2.05) is 48.5 Å². The van der Waals surface area contributed by atoms with Crippen LogP contribution in [0.2, 0.25) is 5.02 Å². The zero-order valence-electron chi connectivity index (χ0n) is 15.6. The summed E-state index contributed by atoms with van der Waals surface area (Å²) in [7, 11) is 0. The maximum absolute atomic E-state index is 13.0. The van der Waals surface area contributed by atoms with Crippen molar-refractivity contribution in [3.8, 4) is 5.75 Å². The third-order valence-electron chi connectivity index (χ3n) is 4.20. The number of benzene rings is 3. The lowest BCUT2D eigenvalue weighted by Gasteiger charge is -2.06. The fourth-order valence-electron chi connectivity index (χ4n) is 2.67. The van der Waals surface area contributed by atoms with Crippen molar-refractivity contribution in [1.82, 2.24) is 5.32 Å². The van der Waals surface area contributed by atoms with Crippen molar-refractivity contribution in [2.45, 2.75) is 6.61 Å². The molecule has 0 aromatic heterocycles. The molecule has 1 N–H and O–H groups in total. The number of rotatable bonds is 5. The van der Waals surface area contributed by atoms with E-state index < -0.39 is 0 Å². The van der Waals surface area contributed by atoms with Crippen LogP contribution in [0.15, 0.2) is 82.7 Å². The van der Waals surface area contributed by atoms with E-state index in [1.165, 1.54) is 23.9 Å². The van der Waals surface area contributed by atoms with E-state index in [4.69, 9.17) is 16.3 Å². The van der Waals surface area contributed by atoms with Gasteiger partial charge in [0.2, 0.25) is 0 Å². The molecule has 0 spiro atoms. The van der Waals surface area contributed by atoms with E-state index in [0.717, 1.165) is 16.9 Å². The zero-order chi connectivity index (χ0) is 20.9. The lowest BCUT2D eigenvalue weighted by molar-refractivity contribution is -0.115. The van der Waals surface area contributed by atoms with Crippen LogP contribution < -0.4 is 10.1 Å². The van der Waals surface area contributed by atoms with E-state index in [1.54, 1.807) is 18.2 Å². The van der Waals surface area contributed by atoms with Crippen LogP contribution in [0.1, 0.15) is 11.1 Å². The number of thioether (sulfide) groups is 1. The molecule has 1 fully saturated rings. The van der Waals surface area contributed by atoms with Gasteiger partial charge in [0, 0.05) is 5.02 Å². The van der Waals surface area contributed by atoms with E-state index in [2.05, 4.69) is 10.3 Å². The molecule has 1 saturated heterocycles. The molecule has 0 unspecified atom stereocenters. The number of nitrogens with zero attached hydrogens (tertiary/aromatic N) is 1. The number of carbonyl (C=O) groups excluding carboxylic acids is 1. The van der Waals surface area contributed by atoms with E-state index in [0.29, 0.717) is 27.4 Å². The molecule has 0 radical (unpaired) electrons. The maximum Gasteiger partial charge on any atom is 0.264 e. The van der Waals surface area contributed by atoms with Crippen molar-refractivity contribution in [2.24, 2.45) is 4.99 Å². The number of carbonyl (C=O) groups is 1. The van der Waals surface area contributed by atoms with Gasteiger partial charge < -0.3 is 10.1 Å². The first-order valence-corrected chi connectivity index (χ1v) is 10.3. The molecule has 1 aliphatic rings. The van der Waals surface area contributed by atoms with Gasteiger partial charge in [-0.15, -0.1) is 0 Å². The third kappa shape index (κ3) is 5.28.